The summed E-state index contributed by atoms with van der Waals surface area (Å²) < 4.78 is 11.4. The summed E-state index contributed by atoms with van der Waals surface area (Å²) in [6.07, 6.45) is 4.25. The summed E-state index contributed by atoms with van der Waals surface area (Å²) in [7, 11) is 1.68. The summed E-state index contributed by atoms with van der Waals surface area (Å²) in [5.41, 5.74) is 3.69. The maximum atomic E-state index is 6.15. The molecule has 0 unspecified atom stereocenters. The van der Waals surface area contributed by atoms with Crippen LogP contribution in [-0.4, -0.2) is 7.11 Å². The van der Waals surface area contributed by atoms with E-state index in [4.69, 9.17) is 9.47 Å². The first-order chi connectivity index (χ1) is 10.2. The van der Waals surface area contributed by atoms with Crippen LogP contribution in [0.15, 0.2) is 48.5 Å². The Hall–Kier alpha value is -2.22. The van der Waals surface area contributed by atoms with E-state index in [2.05, 4.69) is 49.4 Å². The van der Waals surface area contributed by atoms with Crippen molar-refractivity contribution in [1.82, 2.24) is 0 Å². The molecule has 0 amide bonds. The second-order valence-corrected chi connectivity index (χ2v) is 5.40. The number of allylic oxidation sites excluding steroid dienone is 1. The van der Waals surface area contributed by atoms with Crippen molar-refractivity contribution < 1.29 is 9.47 Å². The summed E-state index contributed by atoms with van der Waals surface area (Å²) in [6.45, 7) is 4.26. The average Bonchev–Trinajstić information content (AvgIpc) is 2.85. The molecule has 0 saturated carbocycles. The first-order valence-electron chi connectivity index (χ1n) is 7.30. The first-order valence-corrected chi connectivity index (χ1v) is 7.30. The summed E-state index contributed by atoms with van der Waals surface area (Å²) >= 11 is 0. The van der Waals surface area contributed by atoms with Crippen LogP contribution in [-0.2, 0) is 0 Å². The molecule has 2 heteroatoms. The van der Waals surface area contributed by atoms with Gasteiger partial charge in [0.2, 0.25) is 0 Å². The van der Waals surface area contributed by atoms with Crippen molar-refractivity contribution in [2.24, 2.45) is 0 Å². The fourth-order valence-electron chi connectivity index (χ4n) is 2.88. The molecule has 0 aliphatic carbocycles. The molecule has 1 aliphatic heterocycles. The molecule has 3 rings (SSSR count). The highest BCUT2D eigenvalue weighted by Gasteiger charge is 2.32. The van der Waals surface area contributed by atoms with E-state index in [0.29, 0.717) is 5.92 Å². The SMILES string of the molecule is C/C=C/c1ccc2c(c1)[C@@H](C)[C@@H](c1ccc(OC)cc1)O2. The van der Waals surface area contributed by atoms with E-state index in [-0.39, 0.29) is 6.10 Å². The number of fused-ring (bicyclic) bond motifs is 1. The maximum absolute atomic E-state index is 6.15. The molecule has 0 N–H and O–H groups in total. The largest absolute Gasteiger partial charge is 0.497 e. The van der Waals surface area contributed by atoms with Crippen LogP contribution in [0.5, 0.6) is 11.5 Å². The molecule has 0 radical (unpaired) electrons. The quantitative estimate of drug-likeness (QED) is 0.790. The minimum absolute atomic E-state index is 0.0757. The van der Waals surface area contributed by atoms with Crippen molar-refractivity contribution in [3.63, 3.8) is 0 Å². The normalized spacial score (nSPS) is 20.3. The Morgan fingerprint density at radius 1 is 1.10 bits per heavy atom. The van der Waals surface area contributed by atoms with Gasteiger partial charge < -0.3 is 9.47 Å². The predicted molar refractivity (Wildman–Crippen MR) is 85.9 cm³/mol. The van der Waals surface area contributed by atoms with E-state index in [0.717, 1.165) is 11.5 Å². The minimum Gasteiger partial charge on any atom is -0.497 e. The van der Waals surface area contributed by atoms with Gasteiger partial charge in [0, 0.05) is 11.5 Å². The van der Waals surface area contributed by atoms with Crippen molar-refractivity contribution >= 4 is 6.08 Å². The molecular formula is C19H20O2. The van der Waals surface area contributed by atoms with Gasteiger partial charge in [-0.3, -0.25) is 0 Å². The van der Waals surface area contributed by atoms with Gasteiger partial charge in [-0.15, -0.1) is 0 Å². The molecular weight excluding hydrogens is 260 g/mol. The highest BCUT2D eigenvalue weighted by Crippen LogP contribution is 2.46. The minimum atomic E-state index is 0.0757. The Morgan fingerprint density at radius 3 is 2.52 bits per heavy atom. The van der Waals surface area contributed by atoms with Crippen LogP contribution >= 0.6 is 0 Å². The monoisotopic (exact) mass is 280 g/mol. The smallest absolute Gasteiger partial charge is 0.130 e. The lowest BCUT2D eigenvalue weighted by Gasteiger charge is -2.16. The highest BCUT2D eigenvalue weighted by molar-refractivity contribution is 5.55. The average molecular weight is 280 g/mol. The van der Waals surface area contributed by atoms with Crippen LogP contribution < -0.4 is 9.47 Å². The third kappa shape index (κ3) is 2.54. The number of rotatable bonds is 3. The molecule has 2 nitrogen and oxygen atoms in total. The Balaban J connectivity index is 1.90. The van der Waals surface area contributed by atoms with Crippen LogP contribution in [0.1, 0.15) is 42.6 Å². The Bertz CT molecular complexity index is 656. The number of hydrogen-bond donors (Lipinski definition) is 0. The maximum Gasteiger partial charge on any atom is 0.130 e. The van der Waals surface area contributed by atoms with E-state index >= 15 is 0 Å². The molecule has 1 aliphatic rings. The lowest BCUT2D eigenvalue weighted by molar-refractivity contribution is 0.216. The number of hydrogen-bond acceptors (Lipinski definition) is 2. The van der Waals surface area contributed by atoms with Crippen molar-refractivity contribution in [2.75, 3.05) is 7.11 Å². The predicted octanol–water partition coefficient (Wildman–Crippen LogP) is 4.97. The summed E-state index contributed by atoms with van der Waals surface area (Å²) in [4.78, 5) is 0. The topological polar surface area (TPSA) is 18.5 Å². The van der Waals surface area contributed by atoms with E-state index in [1.807, 2.05) is 19.1 Å². The van der Waals surface area contributed by atoms with Gasteiger partial charge in [0.15, 0.2) is 0 Å². The molecule has 108 valence electrons. The van der Waals surface area contributed by atoms with Crippen molar-refractivity contribution in [3.8, 4) is 11.5 Å². The zero-order valence-corrected chi connectivity index (χ0v) is 12.7. The third-order valence-corrected chi connectivity index (χ3v) is 4.04. The van der Waals surface area contributed by atoms with Crippen molar-refractivity contribution in [3.05, 3.63) is 65.2 Å². The van der Waals surface area contributed by atoms with Gasteiger partial charge in [-0.25, -0.2) is 0 Å². The van der Waals surface area contributed by atoms with Crippen LogP contribution in [0.3, 0.4) is 0 Å². The van der Waals surface area contributed by atoms with Crippen molar-refractivity contribution in [1.29, 1.82) is 0 Å². The molecule has 2 aromatic carbocycles. The first kappa shape index (κ1) is 13.7. The van der Waals surface area contributed by atoms with E-state index in [1.165, 1.54) is 16.7 Å². The van der Waals surface area contributed by atoms with Gasteiger partial charge in [-0.1, -0.05) is 37.3 Å². The molecule has 2 aromatic rings. The van der Waals surface area contributed by atoms with Gasteiger partial charge in [0.1, 0.15) is 17.6 Å². The highest BCUT2D eigenvalue weighted by atomic mass is 16.5. The number of ether oxygens (including phenoxy) is 2. The van der Waals surface area contributed by atoms with E-state index in [1.54, 1.807) is 7.11 Å². The number of benzene rings is 2. The molecule has 0 spiro atoms. The van der Waals surface area contributed by atoms with Gasteiger partial charge in [0.25, 0.3) is 0 Å². The second kappa shape index (κ2) is 5.65. The molecule has 0 bridgehead atoms. The summed E-state index contributed by atoms with van der Waals surface area (Å²) in [5, 5.41) is 0. The van der Waals surface area contributed by atoms with Crippen LogP contribution in [0.4, 0.5) is 0 Å². The molecule has 0 saturated heterocycles. The Morgan fingerprint density at radius 2 is 1.86 bits per heavy atom. The number of methoxy groups -OCH3 is 1. The fourth-order valence-corrected chi connectivity index (χ4v) is 2.88. The van der Waals surface area contributed by atoms with Crippen LogP contribution in [0, 0.1) is 0 Å². The summed E-state index contributed by atoms with van der Waals surface area (Å²) in [5.74, 6) is 2.22. The van der Waals surface area contributed by atoms with Gasteiger partial charge in [-0.2, -0.15) is 0 Å². The zero-order chi connectivity index (χ0) is 14.8. The summed E-state index contributed by atoms with van der Waals surface area (Å²) in [6, 6.07) is 14.5. The lowest BCUT2D eigenvalue weighted by atomic mass is 9.92. The second-order valence-electron chi connectivity index (χ2n) is 5.40. The van der Waals surface area contributed by atoms with Gasteiger partial charge >= 0.3 is 0 Å². The third-order valence-electron chi connectivity index (χ3n) is 4.04. The lowest BCUT2D eigenvalue weighted by Crippen LogP contribution is -2.07. The van der Waals surface area contributed by atoms with Crippen LogP contribution in [0.25, 0.3) is 6.08 Å². The zero-order valence-electron chi connectivity index (χ0n) is 12.7. The van der Waals surface area contributed by atoms with E-state index < -0.39 is 0 Å². The standard InChI is InChI=1S/C19H20O2/c1-4-5-14-6-11-18-17(12-14)13(2)19(21-18)15-7-9-16(20-3)10-8-15/h4-13,19H,1-3H3/b5-4+/t13-,19+/m1/s1. The molecule has 0 aromatic heterocycles. The Kier molecular flexibility index (Phi) is 3.70. The van der Waals surface area contributed by atoms with Crippen molar-refractivity contribution in [2.45, 2.75) is 25.9 Å². The van der Waals surface area contributed by atoms with Crippen LogP contribution in [0.2, 0.25) is 0 Å². The molecule has 1 heterocycles. The Labute approximate surface area is 126 Å². The fraction of sp³-hybridized carbons (Fsp3) is 0.263. The molecule has 0 fully saturated rings. The van der Waals surface area contributed by atoms with Gasteiger partial charge in [0.05, 0.1) is 7.11 Å². The van der Waals surface area contributed by atoms with Gasteiger partial charge in [-0.05, 0) is 42.3 Å². The molecule has 2 atom stereocenters. The molecule has 21 heavy (non-hydrogen) atoms. The van der Waals surface area contributed by atoms with E-state index in [9.17, 15) is 0 Å².